The van der Waals surface area contributed by atoms with Crippen molar-refractivity contribution in [2.45, 2.75) is 20.5 Å². The molecule has 3 heteroatoms. The van der Waals surface area contributed by atoms with E-state index in [0.29, 0.717) is 6.61 Å². The summed E-state index contributed by atoms with van der Waals surface area (Å²) in [6.07, 6.45) is 1.82. The van der Waals surface area contributed by atoms with Gasteiger partial charge in [0.1, 0.15) is 12.4 Å². The van der Waals surface area contributed by atoms with Crippen molar-refractivity contribution in [3.63, 3.8) is 0 Å². The number of aromatic nitrogens is 1. The van der Waals surface area contributed by atoms with Crippen LogP contribution in [-0.2, 0) is 6.61 Å². The van der Waals surface area contributed by atoms with E-state index in [2.05, 4.69) is 65.1 Å². The highest BCUT2D eigenvalue weighted by molar-refractivity contribution is 9.10. The zero-order valence-electron chi connectivity index (χ0n) is 12.1. The summed E-state index contributed by atoms with van der Waals surface area (Å²) in [5.74, 6) is 0.890. The number of aryl methyl sites for hydroxylation is 2. The Labute approximate surface area is 132 Å². The van der Waals surface area contributed by atoms with E-state index in [1.54, 1.807) is 0 Å². The van der Waals surface area contributed by atoms with E-state index in [0.717, 1.165) is 26.7 Å². The molecule has 1 aromatic heterocycles. The molecule has 0 aliphatic heterocycles. The van der Waals surface area contributed by atoms with E-state index in [4.69, 9.17) is 4.74 Å². The molecule has 0 bridgehead atoms. The lowest BCUT2D eigenvalue weighted by molar-refractivity contribution is 0.307. The number of nitrogens with zero attached hydrogens (tertiary/aromatic N) is 1. The smallest absolute Gasteiger partial charge is 0.120 e. The van der Waals surface area contributed by atoms with Crippen LogP contribution < -0.4 is 4.74 Å². The van der Waals surface area contributed by atoms with Crippen molar-refractivity contribution >= 4 is 26.8 Å². The van der Waals surface area contributed by atoms with Gasteiger partial charge in [0.15, 0.2) is 0 Å². The lowest BCUT2D eigenvalue weighted by Gasteiger charge is -2.11. The highest BCUT2D eigenvalue weighted by atomic mass is 79.9. The van der Waals surface area contributed by atoms with Gasteiger partial charge in [0.05, 0.1) is 5.52 Å². The summed E-state index contributed by atoms with van der Waals surface area (Å²) in [6, 6.07) is 14.3. The van der Waals surface area contributed by atoms with E-state index in [9.17, 15) is 0 Å². The second kappa shape index (κ2) is 5.86. The summed E-state index contributed by atoms with van der Waals surface area (Å²) in [4.78, 5) is 4.46. The van der Waals surface area contributed by atoms with E-state index >= 15 is 0 Å². The van der Waals surface area contributed by atoms with Gasteiger partial charge in [-0.05, 0) is 43.2 Å². The quantitative estimate of drug-likeness (QED) is 0.653. The van der Waals surface area contributed by atoms with Gasteiger partial charge in [0, 0.05) is 21.6 Å². The van der Waals surface area contributed by atoms with Gasteiger partial charge in [0.2, 0.25) is 0 Å². The van der Waals surface area contributed by atoms with Crippen molar-refractivity contribution in [2.75, 3.05) is 0 Å². The zero-order chi connectivity index (χ0) is 14.8. The molecule has 0 saturated carbocycles. The first kappa shape index (κ1) is 14.1. The Morgan fingerprint density at radius 3 is 2.52 bits per heavy atom. The third kappa shape index (κ3) is 2.93. The maximum absolute atomic E-state index is 5.96. The van der Waals surface area contributed by atoms with Crippen LogP contribution in [0.15, 0.2) is 53.1 Å². The number of rotatable bonds is 3. The average molecular weight is 342 g/mol. The molecule has 0 saturated heterocycles. The Bertz CT molecular complexity index is 770. The number of ether oxygens (including phenoxy) is 1. The molecule has 1 heterocycles. The minimum atomic E-state index is 0.523. The third-order valence-corrected chi connectivity index (χ3v) is 4.77. The molecular formula is C18H16BrNO. The monoisotopic (exact) mass is 341 g/mol. The van der Waals surface area contributed by atoms with Crippen molar-refractivity contribution in [3.8, 4) is 5.75 Å². The molecule has 2 aromatic carbocycles. The Morgan fingerprint density at radius 1 is 1.05 bits per heavy atom. The number of fused-ring (bicyclic) bond motifs is 1. The first-order chi connectivity index (χ1) is 10.1. The van der Waals surface area contributed by atoms with Crippen molar-refractivity contribution in [3.05, 3.63) is 69.8 Å². The van der Waals surface area contributed by atoms with Gasteiger partial charge in [0.25, 0.3) is 0 Å². The van der Waals surface area contributed by atoms with Gasteiger partial charge in [-0.25, -0.2) is 0 Å². The van der Waals surface area contributed by atoms with Crippen LogP contribution >= 0.6 is 15.9 Å². The summed E-state index contributed by atoms with van der Waals surface area (Å²) in [7, 11) is 0. The molecule has 0 aliphatic rings. The number of hydrogen-bond acceptors (Lipinski definition) is 2. The fraction of sp³-hybridized carbons (Fsp3) is 0.167. The molecule has 3 aromatic rings. The standard InChI is InChI=1S/C18H16BrNO/c1-12-9-16(10-13(2)17(12)19)21-11-15-6-3-5-14-7-4-8-20-18(14)15/h3-10H,11H2,1-2H3. The van der Waals surface area contributed by atoms with Crippen LogP contribution in [0.4, 0.5) is 0 Å². The molecule has 0 spiro atoms. The lowest BCUT2D eigenvalue weighted by Crippen LogP contribution is -1.98. The summed E-state index contributed by atoms with van der Waals surface area (Å²) >= 11 is 3.58. The maximum Gasteiger partial charge on any atom is 0.120 e. The van der Waals surface area contributed by atoms with Crippen molar-refractivity contribution in [1.29, 1.82) is 0 Å². The van der Waals surface area contributed by atoms with Gasteiger partial charge in [-0.2, -0.15) is 0 Å². The minimum Gasteiger partial charge on any atom is -0.489 e. The minimum absolute atomic E-state index is 0.523. The van der Waals surface area contributed by atoms with Crippen molar-refractivity contribution in [2.24, 2.45) is 0 Å². The first-order valence-electron chi connectivity index (χ1n) is 6.87. The second-order valence-electron chi connectivity index (χ2n) is 5.15. The number of para-hydroxylation sites is 1. The van der Waals surface area contributed by atoms with E-state index < -0.39 is 0 Å². The summed E-state index contributed by atoms with van der Waals surface area (Å²) in [6.45, 7) is 4.67. The van der Waals surface area contributed by atoms with E-state index in [1.165, 1.54) is 11.1 Å². The predicted molar refractivity (Wildman–Crippen MR) is 89.7 cm³/mol. The first-order valence-corrected chi connectivity index (χ1v) is 7.66. The molecule has 2 nitrogen and oxygen atoms in total. The molecule has 21 heavy (non-hydrogen) atoms. The Kier molecular flexibility index (Phi) is 3.93. The fourth-order valence-corrected chi connectivity index (χ4v) is 2.66. The van der Waals surface area contributed by atoms with Crippen LogP contribution in [0.5, 0.6) is 5.75 Å². The van der Waals surface area contributed by atoms with Crippen LogP contribution in [0.25, 0.3) is 10.9 Å². The van der Waals surface area contributed by atoms with Gasteiger partial charge < -0.3 is 4.74 Å². The van der Waals surface area contributed by atoms with Crippen LogP contribution in [0.3, 0.4) is 0 Å². The molecule has 0 fully saturated rings. The van der Waals surface area contributed by atoms with Crippen LogP contribution in [0, 0.1) is 13.8 Å². The van der Waals surface area contributed by atoms with Gasteiger partial charge in [-0.1, -0.05) is 40.2 Å². The summed E-state index contributed by atoms with van der Waals surface area (Å²) in [5.41, 5.74) is 4.47. The molecular weight excluding hydrogens is 326 g/mol. The number of benzene rings is 2. The SMILES string of the molecule is Cc1cc(OCc2cccc3cccnc23)cc(C)c1Br. The summed E-state index contributed by atoms with van der Waals surface area (Å²) < 4.78 is 7.10. The molecule has 0 N–H and O–H groups in total. The normalized spacial score (nSPS) is 10.8. The maximum atomic E-state index is 5.96. The lowest BCUT2D eigenvalue weighted by atomic mass is 10.1. The third-order valence-electron chi connectivity index (χ3n) is 3.52. The number of halogens is 1. The molecule has 0 atom stereocenters. The van der Waals surface area contributed by atoms with E-state index in [-0.39, 0.29) is 0 Å². The van der Waals surface area contributed by atoms with Crippen molar-refractivity contribution in [1.82, 2.24) is 4.98 Å². The Hall–Kier alpha value is -1.87. The van der Waals surface area contributed by atoms with E-state index in [1.807, 2.05) is 18.3 Å². The molecule has 0 amide bonds. The molecule has 3 rings (SSSR count). The predicted octanol–water partition coefficient (Wildman–Crippen LogP) is 5.19. The van der Waals surface area contributed by atoms with Crippen molar-refractivity contribution < 1.29 is 4.74 Å². The molecule has 0 aliphatic carbocycles. The molecule has 0 radical (unpaired) electrons. The Morgan fingerprint density at radius 2 is 1.76 bits per heavy atom. The van der Waals surface area contributed by atoms with Gasteiger partial charge in [-0.15, -0.1) is 0 Å². The number of pyridine rings is 1. The summed E-state index contributed by atoms with van der Waals surface area (Å²) in [5, 5.41) is 1.14. The average Bonchev–Trinajstić information content (AvgIpc) is 2.50. The zero-order valence-corrected chi connectivity index (χ0v) is 13.6. The van der Waals surface area contributed by atoms with Crippen LogP contribution in [-0.4, -0.2) is 4.98 Å². The highest BCUT2D eigenvalue weighted by Crippen LogP contribution is 2.27. The van der Waals surface area contributed by atoms with Gasteiger partial charge in [-0.3, -0.25) is 4.98 Å². The van der Waals surface area contributed by atoms with Gasteiger partial charge >= 0.3 is 0 Å². The molecule has 106 valence electrons. The Balaban J connectivity index is 1.87. The van der Waals surface area contributed by atoms with Crippen LogP contribution in [0.1, 0.15) is 16.7 Å². The largest absolute Gasteiger partial charge is 0.489 e. The second-order valence-corrected chi connectivity index (χ2v) is 5.94. The topological polar surface area (TPSA) is 22.1 Å². The number of hydrogen-bond donors (Lipinski definition) is 0. The molecule has 0 unspecified atom stereocenters. The highest BCUT2D eigenvalue weighted by Gasteiger charge is 2.06. The fourth-order valence-electron chi connectivity index (χ4n) is 2.43. The van der Waals surface area contributed by atoms with Crippen LogP contribution in [0.2, 0.25) is 0 Å².